The third kappa shape index (κ3) is 5.56. The molecule has 0 saturated heterocycles. The van der Waals surface area contributed by atoms with E-state index in [-0.39, 0.29) is 5.41 Å². The number of nitrogens with zero attached hydrogens (tertiary/aromatic N) is 2. The van der Waals surface area contributed by atoms with E-state index in [1.54, 1.807) is 0 Å². The molecule has 0 fully saturated rings. The number of anilines is 3. The molecular formula is C59H42N2. The Hall–Kier alpha value is -7.68. The predicted octanol–water partition coefficient (Wildman–Crippen LogP) is 16.2. The monoisotopic (exact) mass is 778 g/mol. The molecule has 11 aromatic rings. The van der Waals surface area contributed by atoms with E-state index < -0.39 is 0 Å². The van der Waals surface area contributed by atoms with Crippen LogP contribution in [0.5, 0.6) is 0 Å². The Morgan fingerprint density at radius 1 is 0.344 bits per heavy atom. The van der Waals surface area contributed by atoms with E-state index in [4.69, 9.17) is 0 Å². The molecule has 0 N–H and O–H groups in total. The van der Waals surface area contributed by atoms with Crippen molar-refractivity contribution in [2.24, 2.45) is 0 Å². The van der Waals surface area contributed by atoms with Gasteiger partial charge in [0.25, 0.3) is 0 Å². The topological polar surface area (TPSA) is 8.17 Å². The van der Waals surface area contributed by atoms with E-state index >= 15 is 0 Å². The summed E-state index contributed by atoms with van der Waals surface area (Å²) in [5.41, 5.74) is 17.1. The number of hydrogen-bond acceptors (Lipinski definition) is 1. The fourth-order valence-electron chi connectivity index (χ4n) is 10.2. The Morgan fingerprint density at radius 3 is 1.77 bits per heavy atom. The van der Waals surface area contributed by atoms with Gasteiger partial charge in [-0.15, -0.1) is 0 Å². The van der Waals surface area contributed by atoms with Crippen LogP contribution in [0.25, 0.3) is 82.4 Å². The zero-order chi connectivity index (χ0) is 40.7. The molecule has 10 aromatic carbocycles. The summed E-state index contributed by atoms with van der Waals surface area (Å²) in [6.07, 6.45) is 0. The lowest BCUT2D eigenvalue weighted by Gasteiger charge is -2.28. The maximum atomic E-state index is 2.42. The first kappa shape index (κ1) is 35.3. The highest BCUT2D eigenvalue weighted by Crippen LogP contribution is 2.51. The van der Waals surface area contributed by atoms with Gasteiger partial charge in [-0.05, 0) is 133 Å². The molecule has 0 saturated carbocycles. The van der Waals surface area contributed by atoms with Crippen LogP contribution in [0.3, 0.4) is 0 Å². The van der Waals surface area contributed by atoms with Crippen LogP contribution in [0.15, 0.2) is 218 Å². The minimum atomic E-state index is -0.109. The van der Waals surface area contributed by atoms with Gasteiger partial charge in [0.2, 0.25) is 0 Å². The van der Waals surface area contributed by atoms with Crippen molar-refractivity contribution in [3.05, 3.63) is 230 Å². The van der Waals surface area contributed by atoms with Gasteiger partial charge in [-0.3, -0.25) is 0 Å². The van der Waals surface area contributed by atoms with Gasteiger partial charge in [-0.25, -0.2) is 0 Å². The van der Waals surface area contributed by atoms with Crippen LogP contribution in [0.1, 0.15) is 25.0 Å². The van der Waals surface area contributed by atoms with Crippen LogP contribution >= 0.6 is 0 Å². The third-order valence-electron chi connectivity index (χ3n) is 13.2. The fourth-order valence-corrected chi connectivity index (χ4v) is 10.2. The number of rotatable bonds is 6. The first-order valence-corrected chi connectivity index (χ1v) is 21.3. The largest absolute Gasteiger partial charge is 0.310 e. The van der Waals surface area contributed by atoms with E-state index in [9.17, 15) is 0 Å². The maximum Gasteiger partial charge on any atom is 0.0541 e. The SMILES string of the molecule is CC1(C)c2ccccc2-c2ccc(N(c3ccc(-c4ccc5c(c4)c4ccccc4n5-c4ccccc4)cc3)c3ccc(-c4cccc5c4ccc4ccccc45)cc3)cc21. The quantitative estimate of drug-likeness (QED) is 0.153. The van der Waals surface area contributed by atoms with Crippen molar-refractivity contribution >= 4 is 60.4 Å². The highest BCUT2D eigenvalue weighted by molar-refractivity contribution is 6.12. The second kappa shape index (κ2) is 13.7. The second-order valence-corrected chi connectivity index (χ2v) is 16.9. The Labute approximate surface area is 356 Å². The molecule has 0 bridgehead atoms. The molecule has 0 aliphatic heterocycles. The molecule has 0 amide bonds. The van der Waals surface area contributed by atoms with Crippen LogP contribution in [0.2, 0.25) is 0 Å². The Kier molecular flexibility index (Phi) is 7.92. The van der Waals surface area contributed by atoms with Crippen molar-refractivity contribution in [3.63, 3.8) is 0 Å². The van der Waals surface area contributed by atoms with Crippen molar-refractivity contribution in [1.29, 1.82) is 0 Å². The molecule has 0 atom stereocenters. The predicted molar refractivity (Wildman–Crippen MR) is 259 cm³/mol. The number of hydrogen-bond donors (Lipinski definition) is 0. The summed E-state index contributed by atoms with van der Waals surface area (Å²) in [5.74, 6) is 0. The van der Waals surface area contributed by atoms with E-state index in [0.717, 1.165) is 17.1 Å². The molecule has 288 valence electrons. The number of aromatic nitrogens is 1. The Balaban J connectivity index is 0.963. The lowest BCUT2D eigenvalue weighted by Crippen LogP contribution is -2.16. The van der Waals surface area contributed by atoms with Crippen LogP contribution in [0, 0.1) is 0 Å². The van der Waals surface area contributed by atoms with Crippen LogP contribution < -0.4 is 4.90 Å². The van der Waals surface area contributed by atoms with E-state index in [1.165, 1.54) is 93.5 Å². The zero-order valence-corrected chi connectivity index (χ0v) is 34.2. The molecule has 2 heteroatoms. The third-order valence-corrected chi connectivity index (χ3v) is 13.2. The zero-order valence-electron chi connectivity index (χ0n) is 34.2. The molecule has 1 heterocycles. The van der Waals surface area contributed by atoms with Gasteiger partial charge in [0.15, 0.2) is 0 Å². The van der Waals surface area contributed by atoms with E-state index in [2.05, 4.69) is 242 Å². The molecule has 2 nitrogen and oxygen atoms in total. The summed E-state index contributed by atoms with van der Waals surface area (Å²) in [6.45, 7) is 4.72. The lowest BCUT2D eigenvalue weighted by molar-refractivity contribution is 0.660. The van der Waals surface area contributed by atoms with Crippen molar-refractivity contribution in [3.8, 4) is 39.1 Å². The fraction of sp³-hybridized carbons (Fsp3) is 0.0508. The molecule has 0 radical (unpaired) electrons. The summed E-state index contributed by atoms with van der Waals surface area (Å²) < 4.78 is 2.37. The van der Waals surface area contributed by atoms with Gasteiger partial charge in [0, 0.05) is 38.9 Å². The molecule has 12 rings (SSSR count). The van der Waals surface area contributed by atoms with Crippen molar-refractivity contribution in [1.82, 2.24) is 4.57 Å². The van der Waals surface area contributed by atoms with E-state index in [1.807, 2.05) is 0 Å². The Morgan fingerprint density at radius 2 is 0.951 bits per heavy atom. The number of para-hydroxylation sites is 2. The van der Waals surface area contributed by atoms with Gasteiger partial charge in [-0.1, -0.05) is 166 Å². The first-order chi connectivity index (χ1) is 30.0. The van der Waals surface area contributed by atoms with Crippen molar-refractivity contribution in [2.75, 3.05) is 4.90 Å². The normalized spacial score (nSPS) is 12.9. The van der Waals surface area contributed by atoms with E-state index in [0.29, 0.717) is 0 Å². The van der Waals surface area contributed by atoms with Crippen molar-refractivity contribution < 1.29 is 0 Å². The van der Waals surface area contributed by atoms with Gasteiger partial charge >= 0.3 is 0 Å². The average Bonchev–Trinajstić information content (AvgIpc) is 3.77. The summed E-state index contributed by atoms with van der Waals surface area (Å²) in [5, 5.41) is 7.61. The smallest absolute Gasteiger partial charge is 0.0541 e. The average molecular weight is 779 g/mol. The number of benzene rings is 10. The van der Waals surface area contributed by atoms with Crippen LogP contribution in [-0.4, -0.2) is 4.57 Å². The molecule has 0 spiro atoms. The maximum absolute atomic E-state index is 2.42. The van der Waals surface area contributed by atoms with Gasteiger partial charge in [-0.2, -0.15) is 0 Å². The molecule has 1 aliphatic carbocycles. The molecule has 0 unspecified atom stereocenters. The van der Waals surface area contributed by atoms with Gasteiger partial charge in [0.05, 0.1) is 11.0 Å². The summed E-state index contributed by atoms with van der Waals surface area (Å²) >= 11 is 0. The summed E-state index contributed by atoms with van der Waals surface area (Å²) in [7, 11) is 0. The second-order valence-electron chi connectivity index (χ2n) is 16.9. The highest BCUT2D eigenvalue weighted by atomic mass is 15.1. The molecule has 1 aromatic heterocycles. The van der Waals surface area contributed by atoms with Gasteiger partial charge < -0.3 is 9.47 Å². The van der Waals surface area contributed by atoms with Crippen LogP contribution in [0.4, 0.5) is 17.1 Å². The molecule has 1 aliphatic rings. The Bertz CT molecular complexity index is 3480. The molecule has 61 heavy (non-hydrogen) atoms. The minimum Gasteiger partial charge on any atom is -0.310 e. The highest BCUT2D eigenvalue weighted by Gasteiger charge is 2.35. The summed E-state index contributed by atoms with van der Waals surface area (Å²) in [6, 6.07) is 80.4. The van der Waals surface area contributed by atoms with Crippen LogP contribution in [-0.2, 0) is 5.41 Å². The standard InChI is InChI=1S/C59H42N2/c1-59(2)55-21-10-8-17-51(55)52-35-33-46(38-56(52)59)60(45-31-25-41(26-32-45)48-19-12-20-49-47-16-7-6-13-40(47)27-34-50(48)49)44-29-23-39(24-30-44)42-28-36-58-54(37-42)53-18-9-11-22-57(53)61(58)43-14-4-3-5-15-43/h3-38H,1-2H3. The minimum absolute atomic E-state index is 0.109. The lowest BCUT2D eigenvalue weighted by atomic mass is 9.82. The van der Waals surface area contributed by atoms with Gasteiger partial charge in [0.1, 0.15) is 0 Å². The summed E-state index contributed by atoms with van der Waals surface area (Å²) in [4.78, 5) is 2.42. The molecular weight excluding hydrogens is 737 g/mol. The number of fused-ring (bicyclic) bond motifs is 9. The first-order valence-electron chi connectivity index (χ1n) is 21.3. The van der Waals surface area contributed by atoms with Crippen molar-refractivity contribution in [2.45, 2.75) is 19.3 Å².